The predicted octanol–water partition coefficient (Wildman–Crippen LogP) is 2.22. The van der Waals surface area contributed by atoms with Crippen molar-refractivity contribution in [1.82, 2.24) is 30.3 Å². The predicted molar refractivity (Wildman–Crippen MR) is 187 cm³/mol. The number of fused-ring (bicyclic) bond motifs is 1. The fourth-order valence-corrected chi connectivity index (χ4v) is 6.55. The molecule has 2 heterocycles. The Balaban J connectivity index is 1.44. The molecule has 16 nitrogen and oxygen atoms in total. The summed E-state index contributed by atoms with van der Waals surface area (Å²) in [4.78, 5) is 60.7. The van der Waals surface area contributed by atoms with Gasteiger partial charge in [0.15, 0.2) is 0 Å². The van der Waals surface area contributed by atoms with Crippen LogP contribution in [0.15, 0.2) is 23.3 Å². The van der Waals surface area contributed by atoms with Crippen LogP contribution in [0.1, 0.15) is 59.9 Å². The van der Waals surface area contributed by atoms with Gasteiger partial charge in [0, 0.05) is 62.7 Å². The molecule has 16 heteroatoms. The lowest BCUT2D eigenvalue weighted by Gasteiger charge is -2.39. The number of carbonyl (C=O) groups excluding carboxylic acids is 4. The fourth-order valence-electron chi connectivity index (χ4n) is 6.55. The van der Waals surface area contributed by atoms with Gasteiger partial charge in [0.25, 0.3) is 11.8 Å². The van der Waals surface area contributed by atoms with Gasteiger partial charge in [-0.1, -0.05) is 24.4 Å². The van der Waals surface area contributed by atoms with Gasteiger partial charge >= 0.3 is 0 Å². The van der Waals surface area contributed by atoms with Gasteiger partial charge in [-0.15, -0.1) is 0 Å². The third-order valence-electron chi connectivity index (χ3n) is 9.53. The number of likely N-dealkylation sites (N-methyl/N-ethyl adjacent to an activating group) is 1. The minimum atomic E-state index is -0.607. The number of ether oxygens (including phenoxy) is 3. The highest BCUT2D eigenvalue weighted by molar-refractivity contribution is 6.16. The summed E-state index contributed by atoms with van der Waals surface area (Å²) in [5.74, 6) is -0.368. The van der Waals surface area contributed by atoms with E-state index in [1.54, 1.807) is 60.7 Å². The molecular weight excluding hydrogens is 646 g/mol. The Labute approximate surface area is 292 Å². The average Bonchev–Trinajstić information content (AvgIpc) is 3.44. The Morgan fingerprint density at radius 2 is 1.68 bits per heavy atom. The summed E-state index contributed by atoms with van der Waals surface area (Å²) in [6.45, 7) is 4.59. The largest absolute Gasteiger partial charge is 0.497 e. The molecule has 1 aliphatic heterocycles. The van der Waals surface area contributed by atoms with Crippen molar-refractivity contribution in [1.29, 1.82) is 0 Å². The van der Waals surface area contributed by atoms with Crippen LogP contribution in [0, 0.1) is 5.92 Å². The Kier molecular flexibility index (Phi) is 14.7. The van der Waals surface area contributed by atoms with Crippen molar-refractivity contribution in [2.24, 2.45) is 18.1 Å². The molecule has 274 valence electrons. The lowest BCUT2D eigenvalue weighted by Crippen LogP contribution is -2.59. The van der Waals surface area contributed by atoms with Crippen molar-refractivity contribution in [3.63, 3.8) is 0 Å². The molecule has 2 unspecified atom stereocenters. The maximum Gasteiger partial charge on any atom is 0.271 e. The van der Waals surface area contributed by atoms with Gasteiger partial charge in [0.2, 0.25) is 11.8 Å². The number of azide groups is 1. The van der Waals surface area contributed by atoms with E-state index in [1.807, 2.05) is 0 Å². The quantitative estimate of drug-likeness (QED) is 0.0970. The smallest absolute Gasteiger partial charge is 0.271 e. The van der Waals surface area contributed by atoms with E-state index < -0.39 is 18.0 Å². The number of rotatable bonds is 17. The SMILES string of the molecule is CNC(C)C(=O)NC(C(=O)N1CCN(C(=O)c2c(C(=O)NCCOCCOCCN=[N+]=[N-])c3ccc(OC)cc3n2C)CC1)C1CCCCC1. The van der Waals surface area contributed by atoms with Crippen LogP contribution >= 0.6 is 0 Å². The van der Waals surface area contributed by atoms with Gasteiger partial charge in [0.1, 0.15) is 17.5 Å². The van der Waals surface area contributed by atoms with E-state index in [1.165, 1.54) is 0 Å². The first-order chi connectivity index (χ1) is 24.2. The first-order valence-corrected chi connectivity index (χ1v) is 17.4. The number of aromatic nitrogens is 1. The van der Waals surface area contributed by atoms with E-state index >= 15 is 0 Å². The van der Waals surface area contributed by atoms with Crippen LogP contribution in [-0.4, -0.2) is 130 Å². The summed E-state index contributed by atoms with van der Waals surface area (Å²) in [5, 5.41) is 12.9. The Morgan fingerprint density at radius 1 is 1.00 bits per heavy atom. The van der Waals surface area contributed by atoms with Crippen LogP contribution in [0.5, 0.6) is 5.75 Å². The zero-order valence-corrected chi connectivity index (χ0v) is 29.6. The van der Waals surface area contributed by atoms with E-state index in [4.69, 9.17) is 19.7 Å². The topological polar surface area (TPSA) is 192 Å². The van der Waals surface area contributed by atoms with Crippen LogP contribution in [0.25, 0.3) is 21.3 Å². The highest BCUT2D eigenvalue weighted by atomic mass is 16.5. The van der Waals surface area contributed by atoms with E-state index in [0.717, 1.165) is 32.1 Å². The fraction of sp³-hybridized carbons (Fsp3) is 0.647. The van der Waals surface area contributed by atoms with Crippen LogP contribution in [0.4, 0.5) is 0 Å². The molecule has 1 aliphatic carbocycles. The number of hydrogen-bond acceptors (Lipinski definition) is 9. The van der Waals surface area contributed by atoms with Crippen LogP contribution < -0.4 is 20.7 Å². The molecule has 2 aliphatic rings. The first-order valence-electron chi connectivity index (χ1n) is 17.4. The second-order valence-electron chi connectivity index (χ2n) is 12.6. The van der Waals surface area contributed by atoms with Crippen LogP contribution in [0.2, 0.25) is 0 Å². The molecule has 1 saturated carbocycles. The van der Waals surface area contributed by atoms with Gasteiger partial charge in [-0.3, -0.25) is 19.2 Å². The van der Waals surface area contributed by atoms with Crippen molar-refractivity contribution in [3.05, 3.63) is 39.9 Å². The monoisotopic (exact) mass is 697 g/mol. The molecule has 50 heavy (non-hydrogen) atoms. The van der Waals surface area contributed by atoms with Gasteiger partial charge in [-0.25, -0.2) is 0 Å². The maximum absolute atomic E-state index is 14.2. The first kappa shape index (κ1) is 38.4. The lowest BCUT2D eigenvalue weighted by atomic mass is 9.83. The second kappa shape index (κ2) is 19.1. The van der Waals surface area contributed by atoms with Gasteiger partial charge in [0.05, 0.1) is 50.7 Å². The van der Waals surface area contributed by atoms with E-state index in [9.17, 15) is 19.2 Å². The molecule has 2 aromatic rings. The average molecular weight is 698 g/mol. The number of piperazine rings is 1. The molecule has 1 saturated heterocycles. The zero-order valence-electron chi connectivity index (χ0n) is 29.6. The highest BCUT2D eigenvalue weighted by Gasteiger charge is 2.37. The maximum atomic E-state index is 14.2. The molecule has 0 radical (unpaired) electrons. The van der Waals surface area contributed by atoms with Gasteiger partial charge in [-0.05, 0) is 50.4 Å². The summed E-state index contributed by atoms with van der Waals surface area (Å²) < 4.78 is 18.0. The minimum absolute atomic E-state index is 0.0758. The number of aryl methyl sites for hydroxylation is 1. The number of hydrogen-bond donors (Lipinski definition) is 3. The van der Waals surface area contributed by atoms with E-state index in [2.05, 4.69) is 26.0 Å². The Morgan fingerprint density at radius 3 is 2.34 bits per heavy atom. The lowest BCUT2D eigenvalue weighted by molar-refractivity contribution is -0.140. The van der Waals surface area contributed by atoms with Crippen LogP contribution in [0.3, 0.4) is 0 Å². The van der Waals surface area contributed by atoms with Gasteiger partial charge in [-0.2, -0.15) is 0 Å². The molecule has 1 aromatic heterocycles. The summed E-state index contributed by atoms with van der Waals surface area (Å²) >= 11 is 0. The van der Waals surface area contributed by atoms with E-state index in [-0.39, 0.29) is 67.7 Å². The normalized spacial score (nSPS) is 16.4. The summed E-state index contributed by atoms with van der Waals surface area (Å²) in [6, 6.07) is 4.28. The molecule has 2 fully saturated rings. The molecule has 4 rings (SSSR count). The molecule has 0 spiro atoms. The molecule has 1 aromatic carbocycles. The molecule has 2 atom stereocenters. The van der Waals surface area contributed by atoms with Crippen molar-refractivity contribution < 1.29 is 33.4 Å². The number of nitrogens with one attached hydrogen (secondary N) is 3. The second-order valence-corrected chi connectivity index (χ2v) is 12.6. The van der Waals surface area contributed by atoms with Crippen molar-refractivity contribution in [2.45, 2.75) is 51.1 Å². The van der Waals surface area contributed by atoms with Crippen molar-refractivity contribution in [2.75, 3.05) is 79.9 Å². The number of nitrogens with zero attached hydrogens (tertiary/aromatic N) is 6. The standard InChI is InChI=1S/C34H51N9O7/c1-23(36-2)31(44)39-29(24-8-6-5-7-9-24)33(46)42-14-16-43(17-15-42)34(47)30-28(26-11-10-25(48-4)22-27(26)41(30)3)32(45)37-12-18-49-20-21-50-19-13-38-40-35/h10-11,22-24,29,36H,5-9,12-21H2,1-4H3,(H,37,45)(H,39,44). The number of carbonyl (C=O) groups is 4. The third kappa shape index (κ3) is 9.65. The summed E-state index contributed by atoms with van der Waals surface area (Å²) in [7, 11) is 5.02. The molecular formula is C34H51N9O7. The highest BCUT2D eigenvalue weighted by Crippen LogP contribution is 2.31. The number of amides is 4. The molecule has 4 amide bonds. The zero-order chi connectivity index (χ0) is 36.0. The summed E-state index contributed by atoms with van der Waals surface area (Å²) in [5.41, 5.74) is 9.48. The van der Waals surface area contributed by atoms with Crippen molar-refractivity contribution in [3.8, 4) is 5.75 Å². The number of benzene rings is 1. The minimum Gasteiger partial charge on any atom is -0.497 e. The summed E-state index contributed by atoms with van der Waals surface area (Å²) in [6.07, 6.45) is 4.97. The van der Waals surface area contributed by atoms with Crippen LogP contribution in [-0.2, 0) is 26.1 Å². The van der Waals surface area contributed by atoms with E-state index in [0.29, 0.717) is 49.6 Å². The third-order valence-corrected chi connectivity index (χ3v) is 9.53. The molecule has 3 N–H and O–H groups in total. The molecule has 0 bridgehead atoms. The van der Waals surface area contributed by atoms with Crippen molar-refractivity contribution >= 4 is 34.5 Å². The Bertz CT molecular complexity index is 1530. The Hall–Kier alpha value is -4.37. The van der Waals surface area contributed by atoms with Gasteiger partial charge < -0.3 is 44.5 Å². The number of methoxy groups -OCH3 is 1.